The predicted molar refractivity (Wildman–Crippen MR) is 51.4 cm³/mol. The first-order valence-corrected chi connectivity index (χ1v) is 6.19. The smallest absolute Gasteiger partial charge is 0.324 e. The molecule has 0 atom stereocenters. The zero-order valence-corrected chi connectivity index (χ0v) is 8.88. The molecule has 0 aromatic carbocycles. The lowest BCUT2D eigenvalue weighted by Gasteiger charge is -2.24. The van der Waals surface area contributed by atoms with E-state index < -0.39 is 27.3 Å². The Balaban J connectivity index is 2.86. The highest BCUT2D eigenvalue weighted by Crippen LogP contribution is 2.30. The molecule has 0 unspecified atom stereocenters. The number of sulfonamides is 1. The van der Waals surface area contributed by atoms with Crippen molar-refractivity contribution >= 4 is 16.0 Å². The summed E-state index contributed by atoms with van der Waals surface area (Å²) in [5.74, 6) is -1.87. The van der Waals surface area contributed by atoms with Crippen LogP contribution in [-0.4, -0.2) is 30.8 Å². The molecular weight excluding hydrogens is 220 g/mol. The van der Waals surface area contributed by atoms with Gasteiger partial charge in [0.1, 0.15) is 5.54 Å². The fraction of sp³-hybridized carbons (Fsp3) is 0.750. The van der Waals surface area contributed by atoms with Gasteiger partial charge in [0.2, 0.25) is 10.0 Å². The van der Waals surface area contributed by atoms with Crippen molar-refractivity contribution < 1.29 is 18.3 Å². The van der Waals surface area contributed by atoms with Gasteiger partial charge in [0.25, 0.3) is 0 Å². The van der Waals surface area contributed by atoms with Gasteiger partial charge < -0.3 is 5.11 Å². The van der Waals surface area contributed by atoms with Gasteiger partial charge in [-0.2, -0.15) is 9.98 Å². The normalized spacial score (nSPS) is 19.7. The number of rotatable bonds is 4. The zero-order valence-electron chi connectivity index (χ0n) is 8.06. The third-order valence-electron chi connectivity index (χ3n) is 2.47. The first-order chi connectivity index (χ1) is 6.92. The molecule has 0 aromatic heterocycles. The van der Waals surface area contributed by atoms with Crippen LogP contribution in [0.3, 0.4) is 0 Å². The number of nitriles is 1. The molecule has 1 aliphatic carbocycles. The average Bonchev–Trinajstić information content (AvgIpc) is 2.52. The molecule has 0 bridgehead atoms. The summed E-state index contributed by atoms with van der Waals surface area (Å²) < 4.78 is 24.7. The van der Waals surface area contributed by atoms with E-state index in [0.29, 0.717) is 12.8 Å². The van der Waals surface area contributed by atoms with Crippen LogP contribution in [0, 0.1) is 11.3 Å². The lowest BCUT2D eigenvalue weighted by Crippen LogP contribution is -2.52. The number of hydrogen-bond acceptors (Lipinski definition) is 4. The molecule has 15 heavy (non-hydrogen) atoms. The summed E-state index contributed by atoms with van der Waals surface area (Å²) in [5.41, 5.74) is -1.39. The van der Waals surface area contributed by atoms with Gasteiger partial charge in [0.05, 0.1) is 6.07 Å². The Labute approximate surface area is 87.9 Å². The molecule has 0 radical (unpaired) electrons. The van der Waals surface area contributed by atoms with E-state index in [2.05, 4.69) is 4.72 Å². The second-order valence-electron chi connectivity index (χ2n) is 3.61. The molecular formula is C8H12N2O4S. The maximum Gasteiger partial charge on any atom is 0.324 e. The van der Waals surface area contributed by atoms with E-state index in [4.69, 9.17) is 10.4 Å². The van der Waals surface area contributed by atoms with Crippen molar-refractivity contribution in [3.05, 3.63) is 0 Å². The van der Waals surface area contributed by atoms with Crippen molar-refractivity contribution in [2.45, 2.75) is 31.2 Å². The summed E-state index contributed by atoms with van der Waals surface area (Å²) in [7, 11) is -3.81. The largest absolute Gasteiger partial charge is 0.480 e. The summed E-state index contributed by atoms with van der Waals surface area (Å²) in [4.78, 5) is 11.0. The molecule has 84 valence electrons. The second-order valence-corrected chi connectivity index (χ2v) is 5.34. The highest BCUT2D eigenvalue weighted by Gasteiger charge is 2.44. The molecule has 0 heterocycles. The molecule has 0 amide bonds. The minimum Gasteiger partial charge on any atom is -0.480 e. The average molecular weight is 232 g/mol. The number of carboxylic acid groups (broad SMARTS) is 1. The van der Waals surface area contributed by atoms with Crippen LogP contribution in [-0.2, 0) is 14.8 Å². The van der Waals surface area contributed by atoms with Crippen LogP contribution in [0.1, 0.15) is 25.7 Å². The Kier molecular flexibility index (Phi) is 3.31. The third-order valence-corrected chi connectivity index (χ3v) is 3.68. The van der Waals surface area contributed by atoms with Crippen LogP contribution in [0.2, 0.25) is 0 Å². The van der Waals surface area contributed by atoms with Crippen LogP contribution in [0.5, 0.6) is 0 Å². The molecule has 7 heteroatoms. The molecule has 0 saturated heterocycles. The van der Waals surface area contributed by atoms with Crippen LogP contribution < -0.4 is 4.72 Å². The summed E-state index contributed by atoms with van der Waals surface area (Å²) >= 11 is 0. The summed E-state index contributed by atoms with van der Waals surface area (Å²) in [5, 5.41) is 17.3. The first-order valence-electron chi connectivity index (χ1n) is 4.54. The Morgan fingerprint density at radius 1 is 1.47 bits per heavy atom. The van der Waals surface area contributed by atoms with E-state index in [1.54, 1.807) is 0 Å². The monoisotopic (exact) mass is 232 g/mol. The van der Waals surface area contributed by atoms with Crippen molar-refractivity contribution in [1.29, 1.82) is 5.26 Å². The molecule has 1 saturated carbocycles. The van der Waals surface area contributed by atoms with Gasteiger partial charge >= 0.3 is 5.97 Å². The van der Waals surface area contributed by atoms with E-state index in [1.165, 1.54) is 6.07 Å². The predicted octanol–water partition coefficient (Wildman–Crippen LogP) is -0.173. The van der Waals surface area contributed by atoms with Gasteiger partial charge in [-0.25, -0.2) is 8.42 Å². The van der Waals surface area contributed by atoms with Crippen molar-refractivity contribution in [3.63, 3.8) is 0 Å². The number of carboxylic acids is 1. The van der Waals surface area contributed by atoms with Gasteiger partial charge in [-0.3, -0.25) is 4.79 Å². The third kappa shape index (κ3) is 2.67. The standard InChI is InChI=1S/C8H12N2O4S/c9-5-6-15(13,14)10-8(7(11)12)3-1-2-4-8/h10H,1-4,6H2,(H,11,12). The summed E-state index contributed by atoms with van der Waals surface area (Å²) in [6.45, 7) is 0. The molecule has 1 rings (SSSR count). The molecule has 0 aliphatic heterocycles. The highest BCUT2D eigenvalue weighted by atomic mass is 32.2. The topological polar surface area (TPSA) is 107 Å². The van der Waals surface area contributed by atoms with Crippen LogP contribution in [0.4, 0.5) is 0 Å². The van der Waals surface area contributed by atoms with Gasteiger partial charge in [-0.1, -0.05) is 12.8 Å². The Morgan fingerprint density at radius 3 is 2.40 bits per heavy atom. The summed E-state index contributed by atoms with van der Waals surface area (Å²) in [6, 6.07) is 1.49. The van der Waals surface area contributed by atoms with Crippen molar-refractivity contribution in [2.75, 3.05) is 5.75 Å². The summed E-state index contributed by atoms with van der Waals surface area (Å²) in [6.07, 6.45) is 1.93. The number of hydrogen-bond donors (Lipinski definition) is 2. The van der Waals surface area contributed by atoms with E-state index in [9.17, 15) is 13.2 Å². The minimum absolute atomic E-state index is 0.285. The number of carbonyl (C=O) groups is 1. The number of aliphatic carboxylic acids is 1. The quantitative estimate of drug-likeness (QED) is 0.699. The van der Waals surface area contributed by atoms with E-state index in [1.807, 2.05) is 0 Å². The maximum absolute atomic E-state index is 11.3. The Hall–Kier alpha value is -1.13. The fourth-order valence-electron chi connectivity index (χ4n) is 1.76. The Morgan fingerprint density at radius 2 is 2.00 bits per heavy atom. The van der Waals surface area contributed by atoms with Gasteiger partial charge in [-0.15, -0.1) is 0 Å². The highest BCUT2D eigenvalue weighted by molar-refractivity contribution is 7.89. The molecule has 1 aliphatic rings. The van der Waals surface area contributed by atoms with Crippen molar-refractivity contribution in [3.8, 4) is 6.07 Å². The van der Waals surface area contributed by atoms with Crippen LogP contribution in [0.15, 0.2) is 0 Å². The first kappa shape index (κ1) is 11.9. The van der Waals surface area contributed by atoms with E-state index in [-0.39, 0.29) is 12.8 Å². The Bertz CT molecular complexity index is 389. The number of nitrogens with one attached hydrogen (secondary N) is 1. The molecule has 2 N–H and O–H groups in total. The molecule has 1 fully saturated rings. The van der Waals surface area contributed by atoms with E-state index in [0.717, 1.165) is 0 Å². The SMILES string of the molecule is N#CCS(=O)(=O)NC1(C(=O)O)CCCC1. The van der Waals surface area contributed by atoms with Gasteiger partial charge in [-0.05, 0) is 12.8 Å². The molecule has 0 spiro atoms. The van der Waals surface area contributed by atoms with Gasteiger partial charge in [0.15, 0.2) is 5.75 Å². The van der Waals surface area contributed by atoms with Crippen LogP contribution >= 0.6 is 0 Å². The van der Waals surface area contributed by atoms with Crippen molar-refractivity contribution in [2.24, 2.45) is 0 Å². The van der Waals surface area contributed by atoms with Crippen LogP contribution in [0.25, 0.3) is 0 Å². The van der Waals surface area contributed by atoms with Crippen molar-refractivity contribution in [1.82, 2.24) is 4.72 Å². The number of nitrogens with zero attached hydrogens (tertiary/aromatic N) is 1. The molecule has 0 aromatic rings. The van der Waals surface area contributed by atoms with E-state index >= 15 is 0 Å². The minimum atomic E-state index is -3.81. The lowest BCUT2D eigenvalue weighted by atomic mass is 10.0. The molecule has 6 nitrogen and oxygen atoms in total. The fourth-order valence-corrected chi connectivity index (χ4v) is 2.89. The second kappa shape index (κ2) is 4.16. The maximum atomic E-state index is 11.3. The zero-order chi connectivity index (χ0) is 11.5. The van der Waals surface area contributed by atoms with Gasteiger partial charge in [0, 0.05) is 0 Å². The lowest BCUT2D eigenvalue weighted by molar-refractivity contribution is -0.143.